The van der Waals surface area contributed by atoms with E-state index in [9.17, 15) is 12.8 Å². The van der Waals surface area contributed by atoms with Gasteiger partial charge in [-0.15, -0.1) is 0 Å². The van der Waals surface area contributed by atoms with Crippen molar-refractivity contribution in [1.29, 1.82) is 0 Å². The number of rotatable bonds is 10. The van der Waals surface area contributed by atoms with Crippen LogP contribution in [0.5, 0.6) is 0 Å². The molecule has 3 saturated carbocycles. The van der Waals surface area contributed by atoms with Crippen LogP contribution in [-0.2, 0) is 16.3 Å². The molecule has 6 aliphatic carbocycles. The Kier molecular flexibility index (Phi) is 11.2. The molecule has 9 rings (SSSR count). The van der Waals surface area contributed by atoms with Crippen molar-refractivity contribution in [3.8, 4) is 0 Å². The van der Waals surface area contributed by atoms with Crippen LogP contribution in [0.1, 0.15) is 124 Å². The first kappa shape index (κ1) is 43.5. The van der Waals surface area contributed by atoms with E-state index < -0.39 is 9.84 Å². The Hall–Kier alpha value is -2.80. The average Bonchev–Trinajstić information content (AvgIpc) is 3.59. The number of nitrogens with zero attached hydrogens (tertiary/aromatic N) is 1. The van der Waals surface area contributed by atoms with Crippen LogP contribution < -0.4 is 5.32 Å². The van der Waals surface area contributed by atoms with Crippen molar-refractivity contribution in [1.82, 2.24) is 10.2 Å². The van der Waals surface area contributed by atoms with E-state index in [2.05, 4.69) is 138 Å². The number of halogens is 1. The number of benzene rings is 2. The molecule has 330 valence electrons. The number of alkyl halides is 1. The van der Waals surface area contributed by atoms with E-state index in [1.165, 1.54) is 54.4 Å². The van der Waals surface area contributed by atoms with Crippen LogP contribution in [0, 0.1) is 50.7 Å². The maximum Gasteiger partial charge on any atom is 0.152 e. The zero-order valence-corrected chi connectivity index (χ0v) is 39.4. The van der Waals surface area contributed by atoms with Crippen molar-refractivity contribution in [2.24, 2.45) is 50.7 Å². The van der Waals surface area contributed by atoms with E-state index in [-0.39, 0.29) is 50.8 Å². The molecule has 0 unspecified atom stereocenters. The number of hydrogen-bond donors (Lipinski definition) is 1. The van der Waals surface area contributed by atoms with Crippen molar-refractivity contribution >= 4 is 15.4 Å². The summed E-state index contributed by atoms with van der Waals surface area (Å²) in [6, 6.07) is 21.7. The molecule has 4 fully saturated rings. The largest absolute Gasteiger partial charge is 0.303 e. The lowest BCUT2D eigenvalue weighted by atomic mass is 9.33. The lowest BCUT2D eigenvalue weighted by Crippen LogP contribution is -2.66. The molecule has 1 aliphatic heterocycles. The topological polar surface area (TPSA) is 49.4 Å². The second kappa shape index (κ2) is 15.7. The normalized spacial score (nSPS) is 38.1. The van der Waals surface area contributed by atoms with E-state index in [1.807, 2.05) is 0 Å². The minimum atomic E-state index is -2.90. The van der Waals surface area contributed by atoms with E-state index in [0.717, 1.165) is 51.6 Å². The first-order chi connectivity index (χ1) is 29.0. The molecule has 0 aromatic heterocycles. The molecular weight excluding hydrogens is 772 g/mol. The maximum atomic E-state index is 14.9. The number of hydrogen-bond acceptors (Lipinski definition) is 4. The van der Waals surface area contributed by atoms with Crippen LogP contribution in [0.25, 0.3) is 5.57 Å². The van der Waals surface area contributed by atoms with Crippen LogP contribution in [0.4, 0.5) is 4.39 Å². The van der Waals surface area contributed by atoms with Gasteiger partial charge in [-0.25, -0.2) is 8.42 Å². The molecule has 2 aromatic carbocycles. The van der Waals surface area contributed by atoms with Crippen molar-refractivity contribution in [3.05, 3.63) is 112 Å². The van der Waals surface area contributed by atoms with Crippen molar-refractivity contribution in [2.75, 3.05) is 44.4 Å². The van der Waals surface area contributed by atoms with E-state index in [4.69, 9.17) is 0 Å². The lowest BCUT2D eigenvalue weighted by molar-refractivity contribution is -0.195. The van der Waals surface area contributed by atoms with E-state index in [1.54, 1.807) is 16.7 Å². The third-order valence-corrected chi connectivity index (χ3v) is 20.6. The first-order valence-corrected chi connectivity index (χ1v) is 26.0. The third-order valence-electron chi connectivity index (χ3n) is 19.0. The van der Waals surface area contributed by atoms with Crippen LogP contribution in [0.3, 0.4) is 0 Å². The maximum absolute atomic E-state index is 14.9. The number of fused-ring (bicyclic) bond motifs is 7. The molecule has 7 aliphatic rings. The predicted molar refractivity (Wildman–Crippen MR) is 252 cm³/mol. The highest BCUT2D eigenvalue weighted by Crippen LogP contribution is 2.76. The van der Waals surface area contributed by atoms with Crippen molar-refractivity contribution < 1.29 is 12.8 Å². The summed E-state index contributed by atoms with van der Waals surface area (Å²) in [6.45, 7) is 20.9. The summed E-state index contributed by atoms with van der Waals surface area (Å²) in [7, 11) is -2.90. The summed E-state index contributed by atoms with van der Waals surface area (Å²) < 4.78 is 39.4. The van der Waals surface area contributed by atoms with Gasteiger partial charge < -0.3 is 10.2 Å². The highest BCUT2D eigenvalue weighted by molar-refractivity contribution is 7.91. The van der Waals surface area contributed by atoms with Gasteiger partial charge in [0.05, 0.1) is 23.7 Å². The second-order valence-corrected chi connectivity index (χ2v) is 25.0. The Bertz CT molecular complexity index is 2210. The summed E-state index contributed by atoms with van der Waals surface area (Å²) >= 11 is 0. The summed E-state index contributed by atoms with van der Waals surface area (Å²) in [5, 5.41) is 4.25. The van der Waals surface area contributed by atoms with E-state index in [0.29, 0.717) is 36.8 Å². The van der Waals surface area contributed by atoms with Gasteiger partial charge in [-0.05, 0) is 155 Å². The zero-order valence-electron chi connectivity index (χ0n) is 38.6. The van der Waals surface area contributed by atoms with Gasteiger partial charge in [0.25, 0.3) is 0 Å². The molecule has 2 aromatic rings. The molecule has 1 N–H and O–H groups in total. The third kappa shape index (κ3) is 7.14. The lowest BCUT2D eigenvalue weighted by Gasteiger charge is -2.71. The van der Waals surface area contributed by atoms with Crippen LogP contribution in [0.15, 0.2) is 101 Å². The average molecular weight is 847 g/mol. The fraction of sp³-hybridized carbons (Fsp3) is 0.636. The molecule has 0 radical (unpaired) electrons. The Morgan fingerprint density at radius 2 is 1.51 bits per heavy atom. The number of sulfone groups is 1. The molecule has 1 heterocycles. The van der Waals surface area contributed by atoms with Gasteiger partial charge in [-0.1, -0.05) is 127 Å². The molecule has 4 nitrogen and oxygen atoms in total. The summed E-state index contributed by atoms with van der Waals surface area (Å²) in [6.07, 6.45) is 19.9. The predicted octanol–water partition coefficient (Wildman–Crippen LogP) is 12.0. The highest BCUT2D eigenvalue weighted by Gasteiger charge is 2.69. The van der Waals surface area contributed by atoms with Gasteiger partial charge in [0.2, 0.25) is 0 Å². The standard InChI is InChI=1S/C55H75FN2O2S/c1-39(2)48-43(41-16-12-9-13-17-41)37-55(57-30-31-58-32-34-61(59,60)35-33-58)29-28-52(6)45(49(48)55)18-19-47-51(5)24-22-44(50(3,4)46(51)23-25-53(47,52)7)42-20-26-54(38-56,27-21-42)36-40-14-10-8-11-15-40/h8-17,20,22,37,39,45-47,57H,18-19,21,23-36,38H2,1-7H3/t45-,46+,47-,51+,52-,53-,54-,55-/m1/s1. The molecule has 0 amide bonds. The van der Waals surface area contributed by atoms with Gasteiger partial charge in [0.15, 0.2) is 9.84 Å². The summed E-state index contributed by atoms with van der Waals surface area (Å²) in [5.41, 5.74) is 10.6. The van der Waals surface area contributed by atoms with Gasteiger partial charge in [-0.2, -0.15) is 0 Å². The van der Waals surface area contributed by atoms with Gasteiger partial charge in [0, 0.05) is 31.6 Å². The van der Waals surface area contributed by atoms with Crippen molar-refractivity contribution in [2.45, 2.75) is 125 Å². The highest BCUT2D eigenvalue weighted by atomic mass is 32.2. The second-order valence-electron chi connectivity index (χ2n) is 22.7. The molecule has 8 atom stereocenters. The SMILES string of the molecule is CC(C)C1=C2[C@H]3CC[C@@H]4[C@@]5(C)CC=C(C6=CC[C@](CF)(Cc7ccccc7)CC6)C(C)(C)[C@@H]5CC[C@@]4(C)[C@]3(C)CC[C@@]2(NCCN2CCS(=O)(=O)CC2)C=C1c1ccccc1. The van der Waals surface area contributed by atoms with Crippen LogP contribution in [0.2, 0.25) is 0 Å². The quantitative estimate of drug-likeness (QED) is 0.259. The molecule has 1 saturated heterocycles. The molecule has 6 heteroatoms. The molecular formula is C55H75FN2O2S. The Morgan fingerprint density at radius 3 is 2.16 bits per heavy atom. The number of nitrogens with one attached hydrogen (secondary N) is 1. The Balaban J connectivity index is 1.01. The monoisotopic (exact) mass is 847 g/mol. The molecule has 0 bridgehead atoms. The number of allylic oxidation sites excluding steroid dienone is 6. The van der Waals surface area contributed by atoms with Gasteiger partial charge in [-0.3, -0.25) is 4.39 Å². The fourth-order valence-corrected chi connectivity index (χ4v) is 16.9. The Labute approximate surface area is 368 Å². The minimum Gasteiger partial charge on any atom is -0.303 e. The van der Waals surface area contributed by atoms with Gasteiger partial charge in [0.1, 0.15) is 0 Å². The van der Waals surface area contributed by atoms with E-state index >= 15 is 0 Å². The minimum absolute atomic E-state index is 0.0739. The van der Waals surface area contributed by atoms with Crippen LogP contribution in [-0.4, -0.2) is 63.2 Å². The van der Waals surface area contributed by atoms with Crippen molar-refractivity contribution in [3.63, 3.8) is 0 Å². The van der Waals surface area contributed by atoms with Gasteiger partial charge >= 0.3 is 0 Å². The van der Waals surface area contributed by atoms with Crippen LogP contribution >= 0.6 is 0 Å². The zero-order chi connectivity index (χ0) is 43.1. The Morgan fingerprint density at radius 1 is 0.803 bits per heavy atom. The molecule has 0 spiro atoms. The molecule has 61 heavy (non-hydrogen) atoms. The summed E-state index contributed by atoms with van der Waals surface area (Å²) in [4.78, 5) is 2.35. The smallest absolute Gasteiger partial charge is 0.152 e. The first-order valence-electron chi connectivity index (χ1n) is 24.2. The fourth-order valence-electron chi connectivity index (χ4n) is 15.6. The summed E-state index contributed by atoms with van der Waals surface area (Å²) in [5.74, 6) is 2.75.